The molecule has 1 saturated heterocycles. The van der Waals surface area contributed by atoms with E-state index in [1.807, 2.05) is 23.2 Å². The number of hydrazine groups is 1. The molecule has 14 heavy (non-hydrogen) atoms. The van der Waals surface area contributed by atoms with E-state index in [1.165, 1.54) is 5.56 Å². The second-order valence-corrected chi connectivity index (χ2v) is 3.70. The van der Waals surface area contributed by atoms with Crippen LogP contribution in [0.4, 0.5) is 0 Å². The van der Waals surface area contributed by atoms with E-state index < -0.39 is 0 Å². The summed E-state index contributed by atoms with van der Waals surface area (Å²) in [6.07, 6.45) is 0.973. The summed E-state index contributed by atoms with van der Waals surface area (Å²) in [6, 6.07) is 10.7. The Hall–Kier alpha value is -1.35. The van der Waals surface area contributed by atoms with Crippen LogP contribution in [0.1, 0.15) is 12.5 Å². The molecule has 1 atom stereocenters. The smallest absolute Gasteiger partial charge is 0.250 e. The summed E-state index contributed by atoms with van der Waals surface area (Å²) >= 11 is 0. The highest BCUT2D eigenvalue weighted by molar-refractivity contribution is 5.82. The minimum atomic E-state index is 0.116. The molecular weight excluding hydrogens is 176 g/mol. The van der Waals surface area contributed by atoms with Crippen LogP contribution in [-0.2, 0) is 11.2 Å². The van der Waals surface area contributed by atoms with Gasteiger partial charge >= 0.3 is 0 Å². The minimum absolute atomic E-state index is 0.116. The zero-order valence-electron chi connectivity index (χ0n) is 8.23. The number of nitrogens with zero attached hydrogens (tertiary/aromatic N) is 1. The first-order valence-electron chi connectivity index (χ1n) is 4.86. The van der Waals surface area contributed by atoms with Gasteiger partial charge in [0, 0.05) is 6.04 Å². The van der Waals surface area contributed by atoms with Crippen LogP contribution in [-0.4, -0.2) is 23.5 Å². The number of hydrogen-bond donors (Lipinski definition) is 1. The van der Waals surface area contributed by atoms with E-state index in [4.69, 9.17) is 0 Å². The van der Waals surface area contributed by atoms with Gasteiger partial charge in [0.15, 0.2) is 0 Å². The maximum atomic E-state index is 10.7. The van der Waals surface area contributed by atoms with E-state index in [-0.39, 0.29) is 5.91 Å². The monoisotopic (exact) mass is 190 g/mol. The van der Waals surface area contributed by atoms with Crippen molar-refractivity contribution >= 4 is 5.91 Å². The number of carbonyl (C=O) groups is 1. The lowest BCUT2D eigenvalue weighted by molar-refractivity contribution is -0.141. The summed E-state index contributed by atoms with van der Waals surface area (Å²) < 4.78 is 0. The summed E-state index contributed by atoms with van der Waals surface area (Å²) in [4.78, 5) is 10.7. The number of hydrogen-bond acceptors (Lipinski definition) is 2. The number of nitrogens with one attached hydrogen (secondary N) is 1. The largest absolute Gasteiger partial charge is 0.287 e. The van der Waals surface area contributed by atoms with Crippen molar-refractivity contribution in [1.29, 1.82) is 0 Å². The molecule has 1 aliphatic rings. The molecule has 1 aliphatic heterocycles. The number of benzene rings is 1. The van der Waals surface area contributed by atoms with Crippen LogP contribution in [0.5, 0.6) is 0 Å². The van der Waals surface area contributed by atoms with E-state index in [0.29, 0.717) is 12.6 Å². The fourth-order valence-electron chi connectivity index (χ4n) is 1.63. The van der Waals surface area contributed by atoms with Gasteiger partial charge in [-0.2, -0.15) is 0 Å². The van der Waals surface area contributed by atoms with Gasteiger partial charge in [0.25, 0.3) is 0 Å². The molecule has 1 aromatic rings. The standard InChI is InChI=1S/C11H14N2O/c1-9(13-8-11(14)12-13)7-10-5-3-2-4-6-10/h2-6,9H,7-8H2,1H3,(H,12,14). The number of rotatable bonds is 3. The molecule has 2 rings (SSSR count). The van der Waals surface area contributed by atoms with Crippen molar-refractivity contribution < 1.29 is 4.79 Å². The van der Waals surface area contributed by atoms with Gasteiger partial charge in [-0.1, -0.05) is 30.3 Å². The lowest BCUT2D eigenvalue weighted by Crippen LogP contribution is -2.62. The van der Waals surface area contributed by atoms with Crippen LogP contribution in [0.15, 0.2) is 30.3 Å². The van der Waals surface area contributed by atoms with Crippen molar-refractivity contribution in [3.63, 3.8) is 0 Å². The molecule has 3 nitrogen and oxygen atoms in total. The molecule has 0 radical (unpaired) electrons. The number of amides is 1. The Kier molecular flexibility index (Phi) is 2.50. The molecular formula is C11H14N2O. The van der Waals surface area contributed by atoms with Gasteiger partial charge in [-0.25, -0.2) is 5.01 Å². The van der Waals surface area contributed by atoms with Gasteiger partial charge in [0.1, 0.15) is 0 Å². The van der Waals surface area contributed by atoms with E-state index >= 15 is 0 Å². The molecule has 0 bridgehead atoms. The van der Waals surface area contributed by atoms with Gasteiger partial charge in [-0.3, -0.25) is 10.2 Å². The summed E-state index contributed by atoms with van der Waals surface area (Å²) in [5.74, 6) is 0.116. The Balaban J connectivity index is 1.89. The maximum absolute atomic E-state index is 10.7. The van der Waals surface area contributed by atoms with E-state index in [1.54, 1.807) is 0 Å². The van der Waals surface area contributed by atoms with Crippen LogP contribution >= 0.6 is 0 Å². The van der Waals surface area contributed by atoms with Crippen molar-refractivity contribution in [1.82, 2.24) is 10.4 Å². The zero-order valence-corrected chi connectivity index (χ0v) is 8.23. The van der Waals surface area contributed by atoms with Crippen molar-refractivity contribution in [3.05, 3.63) is 35.9 Å². The Morgan fingerprint density at radius 3 is 2.64 bits per heavy atom. The highest BCUT2D eigenvalue weighted by Gasteiger charge is 2.26. The normalized spacial score (nSPS) is 18.5. The molecule has 1 aromatic carbocycles. The SMILES string of the molecule is CC(Cc1ccccc1)N1CC(=O)N1. The van der Waals surface area contributed by atoms with Crippen molar-refractivity contribution in [2.24, 2.45) is 0 Å². The van der Waals surface area contributed by atoms with Gasteiger partial charge in [0.2, 0.25) is 5.91 Å². The topological polar surface area (TPSA) is 32.3 Å². The lowest BCUT2D eigenvalue weighted by atomic mass is 10.1. The third-order valence-corrected chi connectivity index (χ3v) is 2.49. The van der Waals surface area contributed by atoms with Crippen molar-refractivity contribution in [2.75, 3.05) is 6.54 Å². The molecule has 0 aromatic heterocycles. The third-order valence-electron chi connectivity index (χ3n) is 2.49. The third kappa shape index (κ3) is 1.93. The molecule has 74 valence electrons. The molecule has 0 aliphatic carbocycles. The predicted molar refractivity (Wildman–Crippen MR) is 54.5 cm³/mol. The lowest BCUT2D eigenvalue weighted by Gasteiger charge is -2.36. The molecule has 1 fully saturated rings. The molecule has 0 saturated carbocycles. The fraction of sp³-hybridized carbons (Fsp3) is 0.364. The number of carbonyl (C=O) groups excluding carboxylic acids is 1. The first-order valence-corrected chi connectivity index (χ1v) is 4.86. The van der Waals surface area contributed by atoms with E-state index in [0.717, 1.165) is 6.42 Å². The summed E-state index contributed by atoms with van der Waals surface area (Å²) in [6.45, 7) is 2.65. The average molecular weight is 190 g/mol. The van der Waals surface area contributed by atoms with Crippen LogP contribution in [0.25, 0.3) is 0 Å². The summed E-state index contributed by atoms with van der Waals surface area (Å²) in [5.41, 5.74) is 4.06. The Morgan fingerprint density at radius 1 is 1.43 bits per heavy atom. The maximum Gasteiger partial charge on any atom is 0.250 e. The van der Waals surface area contributed by atoms with Crippen LogP contribution in [0.2, 0.25) is 0 Å². The fourth-order valence-corrected chi connectivity index (χ4v) is 1.63. The second-order valence-electron chi connectivity index (χ2n) is 3.70. The van der Waals surface area contributed by atoms with E-state index in [2.05, 4.69) is 24.5 Å². The van der Waals surface area contributed by atoms with Crippen molar-refractivity contribution in [3.8, 4) is 0 Å². The Bertz CT molecular complexity index is 315. The second kappa shape index (κ2) is 3.80. The quantitative estimate of drug-likeness (QED) is 0.770. The van der Waals surface area contributed by atoms with Crippen LogP contribution in [0.3, 0.4) is 0 Å². The molecule has 1 amide bonds. The summed E-state index contributed by atoms with van der Waals surface area (Å²) in [7, 11) is 0. The average Bonchev–Trinajstić information content (AvgIpc) is 2.14. The van der Waals surface area contributed by atoms with Crippen LogP contribution < -0.4 is 5.43 Å². The van der Waals surface area contributed by atoms with Gasteiger partial charge < -0.3 is 0 Å². The van der Waals surface area contributed by atoms with Crippen molar-refractivity contribution in [2.45, 2.75) is 19.4 Å². The molecule has 0 spiro atoms. The Morgan fingerprint density at radius 2 is 2.07 bits per heavy atom. The first kappa shape index (κ1) is 9.21. The van der Waals surface area contributed by atoms with Crippen LogP contribution in [0, 0.1) is 0 Å². The predicted octanol–water partition coefficient (Wildman–Crippen LogP) is 0.964. The highest BCUT2D eigenvalue weighted by Crippen LogP contribution is 2.09. The zero-order chi connectivity index (χ0) is 9.97. The first-order chi connectivity index (χ1) is 6.75. The molecule has 1 N–H and O–H groups in total. The minimum Gasteiger partial charge on any atom is -0.287 e. The van der Waals surface area contributed by atoms with Gasteiger partial charge in [-0.15, -0.1) is 0 Å². The van der Waals surface area contributed by atoms with E-state index in [9.17, 15) is 4.79 Å². The summed E-state index contributed by atoms with van der Waals surface area (Å²) in [5, 5.41) is 1.97. The molecule has 3 heteroatoms. The Labute approximate surface area is 83.7 Å². The molecule has 1 unspecified atom stereocenters. The van der Waals surface area contributed by atoms with Gasteiger partial charge in [0.05, 0.1) is 6.54 Å². The highest BCUT2D eigenvalue weighted by atomic mass is 16.2. The molecule has 1 heterocycles. The van der Waals surface area contributed by atoms with Gasteiger partial charge in [-0.05, 0) is 18.9 Å².